The van der Waals surface area contributed by atoms with Crippen LogP contribution in [0.3, 0.4) is 0 Å². The van der Waals surface area contributed by atoms with Crippen molar-refractivity contribution in [1.82, 2.24) is 0 Å². The Morgan fingerprint density at radius 1 is 0.778 bits per heavy atom. The van der Waals surface area contributed by atoms with Crippen molar-refractivity contribution >= 4 is 11.1 Å². The third kappa shape index (κ3) is 4.22. The lowest BCUT2D eigenvalue weighted by atomic mass is 10.00. The van der Waals surface area contributed by atoms with Gasteiger partial charge in [-0.25, -0.2) is 0 Å². The minimum absolute atomic E-state index is 0.0980. The van der Waals surface area contributed by atoms with Crippen LogP contribution >= 0.6 is 0 Å². The Kier molecular flexibility index (Phi) is 5.00. The van der Waals surface area contributed by atoms with E-state index >= 15 is 0 Å². The van der Waals surface area contributed by atoms with E-state index in [4.69, 9.17) is 14.2 Å². The Hall–Kier alpha value is -2.20. The van der Waals surface area contributed by atoms with E-state index in [1.807, 2.05) is 13.8 Å². The standard InChI is InChI=1S/C24H26O3/c1-15(2)17-5-9-19(10-6-17)23(21-13-25-21)27-24(22-14-26-22)20-11-7-18(8-12-20)16(3)4/h5-12,21-24H,1,3,13-14H2,2,4H3. The minimum Gasteiger partial charge on any atom is -0.370 e. The highest BCUT2D eigenvalue weighted by molar-refractivity contribution is 5.62. The van der Waals surface area contributed by atoms with Crippen molar-refractivity contribution in [3.05, 3.63) is 83.9 Å². The van der Waals surface area contributed by atoms with E-state index in [1.165, 1.54) is 0 Å². The molecule has 140 valence electrons. The van der Waals surface area contributed by atoms with Crippen molar-refractivity contribution in [3.63, 3.8) is 0 Å². The van der Waals surface area contributed by atoms with Crippen LogP contribution in [-0.4, -0.2) is 25.4 Å². The number of allylic oxidation sites excluding steroid dienone is 2. The van der Waals surface area contributed by atoms with Crippen molar-refractivity contribution in [2.75, 3.05) is 13.2 Å². The molecule has 0 amide bonds. The number of hydrogen-bond acceptors (Lipinski definition) is 3. The molecule has 2 fully saturated rings. The molecule has 4 unspecified atom stereocenters. The van der Waals surface area contributed by atoms with Gasteiger partial charge in [-0.15, -0.1) is 0 Å². The lowest BCUT2D eigenvalue weighted by Gasteiger charge is -2.24. The molecular weight excluding hydrogens is 336 g/mol. The average Bonchev–Trinajstić information content (AvgIpc) is 3.55. The molecule has 3 heteroatoms. The Labute approximate surface area is 161 Å². The van der Waals surface area contributed by atoms with E-state index in [-0.39, 0.29) is 24.4 Å². The van der Waals surface area contributed by atoms with E-state index in [0.29, 0.717) is 0 Å². The molecule has 2 heterocycles. The normalized spacial score (nSPS) is 22.7. The highest BCUT2D eigenvalue weighted by Crippen LogP contribution is 2.40. The topological polar surface area (TPSA) is 34.3 Å². The van der Waals surface area contributed by atoms with Crippen LogP contribution in [0.1, 0.15) is 48.3 Å². The first-order valence-corrected chi connectivity index (χ1v) is 9.43. The molecule has 2 saturated heterocycles. The number of ether oxygens (including phenoxy) is 3. The molecule has 0 saturated carbocycles. The molecule has 0 spiro atoms. The molecule has 3 nitrogen and oxygen atoms in total. The summed E-state index contributed by atoms with van der Waals surface area (Å²) in [6, 6.07) is 16.9. The van der Waals surface area contributed by atoms with Crippen molar-refractivity contribution in [2.24, 2.45) is 0 Å². The Morgan fingerprint density at radius 3 is 1.37 bits per heavy atom. The Morgan fingerprint density at radius 2 is 1.11 bits per heavy atom. The summed E-state index contributed by atoms with van der Waals surface area (Å²) >= 11 is 0. The molecule has 2 aliphatic heterocycles. The second kappa shape index (κ2) is 7.43. The molecule has 0 bridgehead atoms. The molecule has 2 aliphatic rings. The van der Waals surface area contributed by atoms with Crippen LogP contribution in [-0.2, 0) is 14.2 Å². The summed E-state index contributed by atoms with van der Waals surface area (Å²) in [5.74, 6) is 0. The first-order chi connectivity index (χ1) is 13.0. The minimum atomic E-state index is -0.0980. The van der Waals surface area contributed by atoms with Gasteiger partial charge in [0.15, 0.2) is 0 Å². The number of rotatable bonds is 8. The number of epoxide rings is 2. The van der Waals surface area contributed by atoms with Gasteiger partial charge in [0.2, 0.25) is 0 Å². The molecule has 0 aliphatic carbocycles. The second-order valence-corrected chi connectivity index (χ2v) is 7.53. The maximum atomic E-state index is 6.58. The number of benzene rings is 2. The highest BCUT2D eigenvalue weighted by Gasteiger charge is 2.42. The van der Waals surface area contributed by atoms with Gasteiger partial charge in [-0.3, -0.25) is 0 Å². The molecular formula is C24H26O3. The molecule has 0 radical (unpaired) electrons. The summed E-state index contributed by atoms with van der Waals surface area (Å²) in [6.45, 7) is 13.5. The molecule has 2 aromatic rings. The summed E-state index contributed by atoms with van der Waals surface area (Å²) in [5, 5.41) is 0. The smallest absolute Gasteiger partial charge is 0.112 e. The summed E-state index contributed by atoms with van der Waals surface area (Å²) < 4.78 is 17.8. The van der Waals surface area contributed by atoms with E-state index in [2.05, 4.69) is 61.7 Å². The predicted octanol–water partition coefficient (Wildman–Crippen LogP) is 5.35. The fourth-order valence-corrected chi connectivity index (χ4v) is 3.29. The van der Waals surface area contributed by atoms with E-state index in [9.17, 15) is 0 Å². The summed E-state index contributed by atoms with van der Waals surface area (Å²) in [4.78, 5) is 0. The predicted molar refractivity (Wildman–Crippen MR) is 108 cm³/mol. The van der Waals surface area contributed by atoms with Crippen LogP contribution in [0.2, 0.25) is 0 Å². The summed E-state index contributed by atoms with van der Waals surface area (Å²) in [7, 11) is 0. The second-order valence-electron chi connectivity index (χ2n) is 7.53. The van der Waals surface area contributed by atoms with Gasteiger partial charge in [0.1, 0.15) is 24.4 Å². The van der Waals surface area contributed by atoms with Gasteiger partial charge in [0.05, 0.1) is 13.2 Å². The SMILES string of the molecule is C=C(C)c1ccc(C(OC(c2ccc(C(=C)C)cc2)C2CO2)C2CO2)cc1. The van der Waals surface area contributed by atoms with Crippen LogP contribution in [0.5, 0.6) is 0 Å². The molecule has 27 heavy (non-hydrogen) atoms. The van der Waals surface area contributed by atoms with Crippen LogP contribution in [0, 0.1) is 0 Å². The zero-order chi connectivity index (χ0) is 19.0. The third-order valence-corrected chi connectivity index (χ3v) is 5.15. The van der Waals surface area contributed by atoms with E-state index < -0.39 is 0 Å². The van der Waals surface area contributed by atoms with Crippen molar-refractivity contribution in [1.29, 1.82) is 0 Å². The van der Waals surface area contributed by atoms with Crippen LogP contribution < -0.4 is 0 Å². The third-order valence-electron chi connectivity index (χ3n) is 5.15. The van der Waals surface area contributed by atoms with Crippen molar-refractivity contribution < 1.29 is 14.2 Å². The molecule has 2 aromatic carbocycles. The van der Waals surface area contributed by atoms with E-state index in [1.54, 1.807) is 0 Å². The molecule has 4 atom stereocenters. The summed E-state index contributed by atoms with van der Waals surface area (Å²) in [5.41, 5.74) is 6.67. The van der Waals surface area contributed by atoms with Crippen LogP contribution in [0.4, 0.5) is 0 Å². The van der Waals surface area contributed by atoms with Crippen molar-refractivity contribution in [3.8, 4) is 0 Å². The zero-order valence-corrected chi connectivity index (χ0v) is 16.0. The maximum Gasteiger partial charge on any atom is 0.112 e. The zero-order valence-electron chi connectivity index (χ0n) is 16.0. The lowest BCUT2D eigenvalue weighted by Crippen LogP contribution is -2.19. The van der Waals surface area contributed by atoms with Gasteiger partial charge in [-0.05, 0) is 36.1 Å². The molecule has 0 N–H and O–H groups in total. The van der Waals surface area contributed by atoms with Gasteiger partial charge in [-0.2, -0.15) is 0 Å². The van der Waals surface area contributed by atoms with Gasteiger partial charge < -0.3 is 14.2 Å². The largest absolute Gasteiger partial charge is 0.370 e. The quantitative estimate of drug-likeness (QED) is 0.594. The monoisotopic (exact) mass is 362 g/mol. The molecule has 4 rings (SSSR count). The van der Waals surface area contributed by atoms with Crippen molar-refractivity contribution in [2.45, 2.75) is 38.3 Å². The Bertz CT molecular complexity index is 755. The Balaban J connectivity index is 1.57. The summed E-state index contributed by atoms with van der Waals surface area (Å²) in [6.07, 6.45) is 0.0200. The first kappa shape index (κ1) is 18.2. The highest BCUT2D eigenvalue weighted by atomic mass is 16.6. The van der Waals surface area contributed by atoms with Gasteiger partial charge in [0, 0.05) is 0 Å². The van der Waals surface area contributed by atoms with Crippen LogP contribution in [0.15, 0.2) is 61.7 Å². The first-order valence-electron chi connectivity index (χ1n) is 9.43. The van der Waals surface area contributed by atoms with Gasteiger partial charge in [-0.1, -0.05) is 72.8 Å². The fourth-order valence-electron chi connectivity index (χ4n) is 3.29. The maximum absolute atomic E-state index is 6.58. The lowest BCUT2D eigenvalue weighted by molar-refractivity contribution is -0.0419. The number of hydrogen-bond donors (Lipinski definition) is 0. The van der Waals surface area contributed by atoms with Gasteiger partial charge >= 0.3 is 0 Å². The molecule has 0 aromatic heterocycles. The van der Waals surface area contributed by atoms with Gasteiger partial charge in [0.25, 0.3) is 0 Å². The average molecular weight is 362 g/mol. The fraction of sp³-hybridized carbons (Fsp3) is 0.333. The van der Waals surface area contributed by atoms with E-state index in [0.717, 1.165) is 46.6 Å². The van der Waals surface area contributed by atoms with Crippen LogP contribution in [0.25, 0.3) is 11.1 Å².